The van der Waals surface area contributed by atoms with Crippen molar-refractivity contribution in [2.75, 3.05) is 6.54 Å². The summed E-state index contributed by atoms with van der Waals surface area (Å²) in [5.41, 5.74) is 1.47. The standard InChI is InChI=1S/C17H16N6O3/c1-10-14(22-26-21-10)13-5-3-7-23(13)17(25)12-9-19-15(20-16(12)24)11-4-2-6-18-8-11/h2,4,6,8-9,13H,3,5,7H2,1H3,(H,19,20,24). The average molecular weight is 352 g/mol. The van der Waals surface area contributed by atoms with Crippen LogP contribution < -0.4 is 5.56 Å². The predicted octanol–water partition coefficient (Wildman–Crippen LogP) is 1.50. The molecule has 1 aliphatic rings. The summed E-state index contributed by atoms with van der Waals surface area (Å²) in [6.45, 7) is 2.32. The van der Waals surface area contributed by atoms with Crippen LogP contribution in [0.25, 0.3) is 11.4 Å². The fourth-order valence-electron chi connectivity index (χ4n) is 3.19. The van der Waals surface area contributed by atoms with E-state index in [9.17, 15) is 9.59 Å². The second-order valence-electron chi connectivity index (χ2n) is 6.11. The lowest BCUT2D eigenvalue weighted by molar-refractivity contribution is 0.0728. The third kappa shape index (κ3) is 2.77. The molecule has 3 aromatic rings. The molecule has 26 heavy (non-hydrogen) atoms. The summed E-state index contributed by atoms with van der Waals surface area (Å²) in [5.74, 6) is -0.00412. The molecule has 1 aliphatic heterocycles. The van der Waals surface area contributed by atoms with Crippen LogP contribution in [0.1, 0.15) is 40.6 Å². The van der Waals surface area contributed by atoms with Crippen LogP contribution in [0.15, 0.2) is 40.1 Å². The van der Waals surface area contributed by atoms with Crippen molar-refractivity contribution >= 4 is 5.91 Å². The normalized spacial score (nSPS) is 16.8. The van der Waals surface area contributed by atoms with Crippen molar-refractivity contribution in [3.05, 3.63) is 58.0 Å². The third-order valence-corrected chi connectivity index (χ3v) is 4.48. The van der Waals surface area contributed by atoms with Crippen LogP contribution in [-0.4, -0.2) is 42.6 Å². The second-order valence-corrected chi connectivity index (χ2v) is 6.11. The first kappa shape index (κ1) is 16.1. The Balaban J connectivity index is 1.64. The number of rotatable bonds is 3. The maximum atomic E-state index is 12.9. The molecule has 1 fully saturated rings. The summed E-state index contributed by atoms with van der Waals surface area (Å²) < 4.78 is 4.76. The fourth-order valence-corrected chi connectivity index (χ4v) is 3.19. The van der Waals surface area contributed by atoms with Crippen molar-refractivity contribution in [1.29, 1.82) is 0 Å². The zero-order valence-electron chi connectivity index (χ0n) is 14.0. The molecule has 0 radical (unpaired) electrons. The number of carbonyl (C=O) groups is 1. The van der Waals surface area contributed by atoms with Gasteiger partial charge in [0.05, 0.1) is 6.04 Å². The van der Waals surface area contributed by atoms with Crippen LogP contribution in [0.5, 0.6) is 0 Å². The number of hydrogen-bond donors (Lipinski definition) is 1. The second kappa shape index (κ2) is 6.51. The topological polar surface area (TPSA) is 118 Å². The van der Waals surface area contributed by atoms with Gasteiger partial charge in [-0.3, -0.25) is 14.6 Å². The number of H-pyrrole nitrogens is 1. The Morgan fingerprint density at radius 2 is 2.23 bits per heavy atom. The van der Waals surface area contributed by atoms with Crippen LogP contribution >= 0.6 is 0 Å². The van der Waals surface area contributed by atoms with Gasteiger partial charge in [-0.1, -0.05) is 10.3 Å². The molecule has 1 amide bonds. The van der Waals surface area contributed by atoms with E-state index in [1.54, 1.807) is 36.4 Å². The molecule has 0 spiro atoms. The molecule has 0 bridgehead atoms. The molecule has 0 aromatic carbocycles. The summed E-state index contributed by atoms with van der Waals surface area (Å²) in [6, 6.07) is 3.28. The summed E-state index contributed by atoms with van der Waals surface area (Å²) in [7, 11) is 0. The van der Waals surface area contributed by atoms with Gasteiger partial charge in [0.15, 0.2) is 0 Å². The van der Waals surface area contributed by atoms with Crippen LogP contribution in [-0.2, 0) is 0 Å². The van der Waals surface area contributed by atoms with Gasteiger partial charge >= 0.3 is 0 Å². The molecule has 1 N–H and O–H groups in total. The first-order valence-electron chi connectivity index (χ1n) is 8.25. The van der Waals surface area contributed by atoms with Crippen LogP contribution in [0.4, 0.5) is 0 Å². The number of hydrogen-bond acceptors (Lipinski definition) is 7. The van der Waals surface area contributed by atoms with E-state index in [1.165, 1.54) is 6.20 Å². The van der Waals surface area contributed by atoms with E-state index in [2.05, 4.69) is 25.3 Å². The van der Waals surface area contributed by atoms with E-state index in [4.69, 9.17) is 4.63 Å². The average Bonchev–Trinajstić information content (AvgIpc) is 3.30. The summed E-state index contributed by atoms with van der Waals surface area (Å²) >= 11 is 0. The maximum Gasteiger partial charge on any atom is 0.264 e. The van der Waals surface area contributed by atoms with E-state index >= 15 is 0 Å². The third-order valence-electron chi connectivity index (χ3n) is 4.48. The van der Waals surface area contributed by atoms with Gasteiger partial charge in [0.1, 0.15) is 22.8 Å². The van der Waals surface area contributed by atoms with Crippen molar-refractivity contribution in [2.45, 2.75) is 25.8 Å². The quantitative estimate of drug-likeness (QED) is 0.759. The van der Waals surface area contributed by atoms with Gasteiger partial charge < -0.3 is 9.88 Å². The van der Waals surface area contributed by atoms with Gasteiger partial charge in [0.2, 0.25) is 0 Å². The number of nitrogens with zero attached hydrogens (tertiary/aromatic N) is 5. The van der Waals surface area contributed by atoms with Crippen molar-refractivity contribution in [3.8, 4) is 11.4 Å². The zero-order valence-corrected chi connectivity index (χ0v) is 14.0. The maximum absolute atomic E-state index is 12.9. The monoisotopic (exact) mass is 352 g/mol. The number of carbonyl (C=O) groups excluding carboxylic acids is 1. The van der Waals surface area contributed by atoms with E-state index in [1.807, 2.05) is 0 Å². The van der Waals surface area contributed by atoms with Gasteiger partial charge in [-0.05, 0) is 31.9 Å². The zero-order chi connectivity index (χ0) is 18.1. The minimum absolute atomic E-state index is 0.00125. The summed E-state index contributed by atoms with van der Waals surface area (Å²) in [4.78, 5) is 37.9. The molecular formula is C17H16N6O3. The van der Waals surface area contributed by atoms with Gasteiger partial charge in [-0.25, -0.2) is 9.61 Å². The molecule has 0 aliphatic carbocycles. The lowest BCUT2D eigenvalue weighted by Crippen LogP contribution is -2.35. The Kier molecular flexibility index (Phi) is 4.04. The first-order valence-corrected chi connectivity index (χ1v) is 8.25. The smallest absolute Gasteiger partial charge is 0.264 e. The molecule has 132 valence electrons. The van der Waals surface area contributed by atoms with Crippen LogP contribution in [0, 0.1) is 6.92 Å². The first-order chi connectivity index (χ1) is 12.6. The molecule has 9 heteroatoms. The van der Waals surface area contributed by atoms with Gasteiger partial charge in [0.25, 0.3) is 11.5 Å². The van der Waals surface area contributed by atoms with Crippen molar-refractivity contribution in [2.24, 2.45) is 0 Å². The Morgan fingerprint density at radius 3 is 2.92 bits per heavy atom. The number of amides is 1. The van der Waals surface area contributed by atoms with Gasteiger partial charge in [-0.2, -0.15) is 0 Å². The predicted molar refractivity (Wildman–Crippen MR) is 90.1 cm³/mol. The molecule has 4 rings (SSSR count). The lowest BCUT2D eigenvalue weighted by Gasteiger charge is -2.22. The van der Waals surface area contributed by atoms with E-state index in [0.717, 1.165) is 12.8 Å². The molecule has 3 aromatic heterocycles. The Hall–Kier alpha value is -3.36. The van der Waals surface area contributed by atoms with Crippen molar-refractivity contribution < 1.29 is 9.42 Å². The molecule has 0 saturated carbocycles. The number of aromatic amines is 1. The minimum Gasteiger partial charge on any atom is -0.330 e. The van der Waals surface area contributed by atoms with E-state index in [0.29, 0.717) is 29.3 Å². The highest BCUT2D eigenvalue weighted by atomic mass is 16.6. The highest BCUT2D eigenvalue weighted by molar-refractivity contribution is 5.94. The SMILES string of the molecule is Cc1nonc1C1CCCN1C(=O)c1cnc(-c2cccnc2)[nH]c1=O. The highest BCUT2D eigenvalue weighted by Gasteiger charge is 2.35. The Labute approximate surface area is 148 Å². The van der Waals surface area contributed by atoms with Gasteiger partial charge in [0, 0.05) is 30.7 Å². The van der Waals surface area contributed by atoms with E-state index < -0.39 is 5.56 Å². The molecule has 4 heterocycles. The molecule has 9 nitrogen and oxygen atoms in total. The number of aryl methyl sites for hydroxylation is 1. The van der Waals surface area contributed by atoms with Crippen LogP contribution in [0.2, 0.25) is 0 Å². The largest absolute Gasteiger partial charge is 0.330 e. The van der Waals surface area contributed by atoms with Crippen LogP contribution in [0.3, 0.4) is 0 Å². The number of pyridine rings is 1. The summed E-state index contributed by atoms with van der Waals surface area (Å²) in [5, 5.41) is 7.69. The van der Waals surface area contributed by atoms with Gasteiger partial charge in [-0.15, -0.1) is 0 Å². The lowest BCUT2D eigenvalue weighted by atomic mass is 10.1. The van der Waals surface area contributed by atoms with E-state index in [-0.39, 0.29) is 17.5 Å². The van der Waals surface area contributed by atoms with Crippen molar-refractivity contribution in [1.82, 2.24) is 30.2 Å². The number of likely N-dealkylation sites (tertiary alicyclic amines) is 1. The fraction of sp³-hybridized carbons (Fsp3) is 0.294. The number of nitrogens with one attached hydrogen (secondary N) is 1. The minimum atomic E-state index is -0.482. The molecular weight excluding hydrogens is 336 g/mol. The highest BCUT2D eigenvalue weighted by Crippen LogP contribution is 2.32. The molecule has 1 saturated heterocycles. The van der Waals surface area contributed by atoms with Crippen molar-refractivity contribution in [3.63, 3.8) is 0 Å². The molecule has 1 unspecified atom stereocenters. The Bertz CT molecular complexity index is 997. The Morgan fingerprint density at radius 1 is 1.35 bits per heavy atom. The summed E-state index contributed by atoms with van der Waals surface area (Å²) in [6.07, 6.45) is 6.11. The molecule has 1 atom stereocenters. The number of aromatic nitrogens is 5.